The molecule has 0 bridgehead atoms. The van der Waals surface area contributed by atoms with E-state index in [1.165, 1.54) is 18.6 Å². The maximum absolute atomic E-state index is 14.4. The number of halogens is 1. The summed E-state index contributed by atoms with van der Waals surface area (Å²) in [5.74, 6) is -1.10. The van der Waals surface area contributed by atoms with Crippen LogP contribution in [0.5, 0.6) is 0 Å². The zero-order chi connectivity index (χ0) is 28.6. The minimum Gasteiger partial charge on any atom is -0.318 e. The van der Waals surface area contributed by atoms with Crippen molar-refractivity contribution in [2.45, 2.75) is 52.5 Å². The van der Waals surface area contributed by atoms with Crippen molar-refractivity contribution in [3.05, 3.63) is 76.6 Å². The predicted molar refractivity (Wildman–Crippen MR) is 153 cm³/mol. The van der Waals surface area contributed by atoms with Crippen LogP contribution >= 0.6 is 9.24 Å². The standard InChI is InChI=1S/C28H30FN8O2P/c1-15-7-8-20(26(29)40)25(17(15)3)22-12-30-13-23(33-22)28(39)32-19-11-31-37(14-19)18(4)21-10-16(2)27(35-34-21)36-9-5-6-24(36)38/h7-8,10-14,18,26H,5-6,9,40H2,1-4H3,(H,32,39)/t18-,26?/m0/s1. The number of nitrogens with zero attached hydrogens (tertiary/aromatic N) is 7. The van der Waals surface area contributed by atoms with Crippen LogP contribution in [-0.2, 0) is 4.79 Å². The Balaban J connectivity index is 1.33. The van der Waals surface area contributed by atoms with Gasteiger partial charge < -0.3 is 5.32 Å². The number of hydrogen-bond donors (Lipinski definition) is 1. The van der Waals surface area contributed by atoms with Crippen molar-refractivity contribution in [2.75, 3.05) is 16.8 Å². The lowest BCUT2D eigenvalue weighted by atomic mass is 9.96. The van der Waals surface area contributed by atoms with Gasteiger partial charge in [-0.15, -0.1) is 5.10 Å². The average molecular weight is 561 g/mol. The van der Waals surface area contributed by atoms with E-state index in [1.807, 2.05) is 39.8 Å². The molecule has 10 nitrogen and oxygen atoms in total. The van der Waals surface area contributed by atoms with Crippen LogP contribution in [0.1, 0.15) is 70.2 Å². The molecule has 3 atom stereocenters. The second-order valence-electron chi connectivity index (χ2n) is 9.93. The second-order valence-corrected chi connectivity index (χ2v) is 10.5. The number of carbonyl (C=O) groups excluding carboxylic acids is 2. The zero-order valence-electron chi connectivity index (χ0n) is 22.7. The molecule has 0 radical (unpaired) electrons. The van der Waals surface area contributed by atoms with Crippen LogP contribution in [-0.4, -0.2) is 48.3 Å². The van der Waals surface area contributed by atoms with Gasteiger partial charge in [-0.2, -0.15) is 10.2 Å². The molecule has 40 heavy (non-hydrogen) atoms. The quantitative estimate of drug-likeness (QED) is 0.320. The summed E-state index contributed by atoms with van der Waals surface area (Å²) in [7, 11) is 2.16. The fraction of sp³-hybridized carbons (Fsp3) is 0.321. The first kappa shape index (κ1) is 27.5. The van der Waals surface area contributed by atoms with E-state index < -0.39 is 11.8 Å². The Hall–Kier alpha value is -4.11. The van der Waals surface area contributed by atoms with E-state index in [2.05, 4.69) is 39.8 Å². The number of rotatable bonds is 7. The molecule has 1 N–H and O–H groups in total. The highest BCUT2D eigenvalue weighted by molar-refractivity contribution is 7.16. The van der Waals surface area contributed by atoms with Crippen LogP contribution in [0.15, 0.2) is 43.0 Å². The van der Waals surface area contributed by atoms with Crippen LogP contribution in [0.25, 0.3) is 11.3 Å². The van der Waals surface area contributed by atoms with Gasteiger partial charge in [-0.05, 0) is 62.4 Å². The SMILES string of the molecule is Cc1cc([C@H](C)n2cc(NC(=O)c3cncc(-c4c(C(F)P)ccc(C)c4C)n3)cn2)nnc1N1CCCC1=O. The molecule has 1 aliphatic heterocycles. The molecule has 2 amide bonds. The van der Waals surface area contributed by atoms with Crippen LogP contribution < -0.4 is 10.2 Å². The summed E-state index contributed by atoms with van der Waals surface area (Å²) in [6.07, 6.45) is 7.48. The number of hydrogen-bond acceptors (Lipinski definition) is 7. The normalized spacial score (nSPS) is 14.8. The molecule has 1 aromatic carbocycles. The van der Waals surface area contributed by atoms with Crippen molar-refractivity contribution in [3.63, 3.8) is 0 Å². The van der Waals surface area contributed by atoms with Crippen molar-refractivity contribution in [2.24, 2.45) is 0 Å². The molecule has 1 saturated heterocycles. The lowest BCUT2D eigenvalue weighted by molar-refractivity contribution is -0.117. The number of nitrogens with one attached hydrogen (secondary N) is 1. The number of aryl methyl sites for hydroxylation is 2. The fourth-order valence-electron chi connectivity index (χ4n) is 4.79. The van der Waals surface area contributed by atoms with Crippen LogP contribution in [0.2, 0.25) is 0 Å². The van der Waals surface area contributed by atoms with E-state index in [0.717, 1.165) is 23.1 Å². The number of anilines is 2. The molecule has 1 aliphatic rings. The Labute approximate surface area is 233 Å². The molecule has 4 aromatic rings. The Bertz CT molecular complexity index is 1610. The summed E-state index contributed by atoms with van der Waals surface area (Å²) in [5, 5.41) is 15.9. The zero-order valence-corrected chi connectivity index (χ0v) is 23.9. The van der Waals surface area contributed by atoms with E-state index in [4.69, 9.17) is 0 Å². The number of carbonyl (C=O) groups is 2. The summed E-state index contributed by atoms with van der Waals surface area (Å²) in [4.78, 5) is 35.6. The highest BCUT2D eigenvalue weighted by atomic mass is 31.0. The topological polar surface area (TPSA) is 119 Å². The fourth-order valence-corrected chi connectivity index (χ4v) is 5.07. The minimum atomic E-state index is -1.28. The van der Waals surface area contributed by atoms with Gasteiger partial charge in [-0.3, -0.25) is 24.2 Å². The van der Waals surface area contributed by atoms with Gasteiger partial charge in [0.05, 0.1) is 41.7 Å². The lowest BCUT2D eigenvalue weighted by Crippen LogP contribution is -2.26. The Morgan fingerprint density at radius 3 is 2.62 bits per heavy atom. The van der Waals surface area contributed by atoms with Gasteiger partial charge in [0.1, 0.15) is 11.6 Å². The first-order valence-electron chi connectivity index (χ1n) is 13.0. The minimum absolute atomic E-state index is 0.0614. The van der Waals surface area contributed by atoms with Gasteiger partial charge in [0.25, 0.3) is 5.91 Å². The van der Waals surface area contributed by atoms with Gasteiger partial charge in [-0.25, -0.2) is 9.37 Å². The third kappa shape index (κ3) is 5.34. The Morgan fingerprint density at radius 2 is 1.93 bits per heavy atom. The molecule has 1 fully saturated rings. The summed E-state index contributed by atoms with van der Waals surface area (Å²) in [6, 6.07) is 5.22. The van der Waals surface area contributed by atoms with Crippen molar-refractivity contribution in [1.82, 2.24) is 29.9 Å². The molecule has 12 heteroatoms. The third-order valence-electron chi connectivity index (χ3n) is 7.18. The van der Waals surface area contributed by atoms with Gasteiger partial charge >= 0.3 is 0 Å². The number of aromatic nitrogens is 6. The molecule has 206 valence electrons. The van der Waals surface area contributed by atoms with Crippen LogP contribution in [0.3, 0.4) is 0 Å². The van der Waals surface area contributed by atoms with Crippen molar-refractivity contribution >= 4 is 32.6 Å². The van der Waals surface area contributed by atoms with Crippen LogP contribution in [0.4, 0.5) is 15.9 Å². The molecule has 0 spiro atoms. The average Bonchev–Trinajstić information content (AvgIpc) is 3.58. The van der Waals surface area contributed by atoms with Crippen LogP contribution in [0, 0.1) is 20.8 Å². The first-order valence-corrected chi connectivity index (χ1v) is 13.6. The number of amides is 2. The molecule has 0 saturated carbocycles. The second kappa shape index (κ2) is 11.2. The molecule has 3 aromatic heterocycles. The van der Waals surface area contributed by atoms with E-state index in [0.29, 0.717) is 47.0 Å². The smallest absolute Gasteiger partial charge is 0.275 e. The van der Waals surface area contributed by atoms with Gasteiger partial charge in [0.2, 0.25) is 5.91 Å². The summed E-state index contributed by atoms with van der Waals surface area (Å²) >= 11 is 0. The third-order valence-corrected chi connectivity index (χ3v) is 7.54. The summed E-state index contributed by atoms with van der Waals surface area (Å²) < 4.78 is 16.0. The van der Waals surface area contributed by atoms with Crippen molar-refractivity contribution in [3.8, 4) is 11.3 Å². The monoisotopic (exact) mass is 560 g/mol. The number of benzene rings is 1. The van der Waals surface area contributed by atoms with Gasteiger partial charge in [-0.1, -0.05) is 21.4 Å². The van der Waals surface area contributed by atoms with E-state index in [-0.39, 0.29) is 17.6 Å². The molecule has 0 aliphatic carbocycles. The molecular weight excluding hydrogens is 530 g/mol. The van der Waals surface area contributed by atoms with Gasteiger partial charge in [0.15, 0.2) is 5.82 Å². The molecule has 5 rings (SSSR count). The lowest BCUT2D eigenvalue weighted by Gasteiger charge is -2.18. The Morgan fingerprint density at radius 1 is 1.12 bits per heavy atom. The van der Waals surface area contributed by atoms with E-state index >= 15 is 0 Å². The maximum Gasteiger partial charge on any atom is 0.275 e. The summed E-state index contributed by atoms with van der Waals surface area (Å²) in [6.45, 7) is 8.32. The Kier molecular flexibility index (Phi) is 7.67. The molecular formula is C28H30FN8O2P. The molecule has 2 unspecified atom stereocenters. The molecule has 4 heterocycles. The predicted octanol–water partition coefficient (Wildman–Crippen LogP) is 4.89. The largest absolute Gasteiger partial charge is 0.318 e. The van der Waals surface area contributed by atoms with E-state index in [9.17, 15) is 14.0 Å². The van der Waals surface area contributed by atoms with Crippen molar-refractivity contribution in [1.29, 1.82) is 0 Å². The van der Waals surface area contributed by atoms with Gasteiger partial charge in [0, 0.05) is 24.7 Å². The highest BCUT2D eigenvalue weighted by Crippen LogP contribution is 2.36. The maximum atomic E-state index is 14.4. The first-order chi connectivity index (χ1) is 19.1. The summed E-state index contributed by atoms with van der Waals surface area (Å²) in [5.41, 5.74) is 5.48. The van der Waals surface area contributed by atoms with Crippen molar-refractivity contribution < 1.29 is 14.0 Å². The highest BCUT2D eigenvalue weighted by Gasteiger charge is 2.25. The van der Waals surface area contributed by atoms with E-state index in [1.54, 1.807) is 21.8 Å². The number of alkyl halides is 1.